The van der Waals surface area contributed by atoms with Crippen molar-refractivity contribution in [1.29, 1.82) is 5.26 Å². The van der Waals surface area contributed by atoms with Crippen LogP contribution in [-0.2, 0) is 10.5 Å². The lowest BCUT2D eigenvalue weighted by atomic mass is 10.2. The molecule has 1 N–H and O–H groups in total. The lowest BCUT2D eigenvalue weighted by Crippen LogP contribution is -2.30. The molecule has 2 amide bonds. The second kappa shape index (κ2) is 10.4. The zero-order valence-electron chi connectivity index (χ0n) is 15.6. The second-order valence-corrected chi connectivity index (χ2v) is 6.89. The molecular weight excluding hydrogens is 358 g/mol. The Labute approximate surface area is 164 Å². The number of thioether (sulfide) groups is 1. The molecule has 0 unspecified atom stereocenters. The van der Waals surface area contributed by atoms with Gasteiger partial charge in [-0.1, -0.05) is 12.1 Å². The Morgan fingerprint density at radius 3 is 2.22 bits per heavy atom. The van der Waals surface area contributed by atoms with E-state index in [4.69, 9.17) is 5.26 Å². The number of carbonyl (C=O) groups is 2. The number of amides is 2. The smallest absolute Gasteiger partial charge is 0.253 e. The quantitative estimate of drug-likeness (QED) is 0.752. The molecule has 5 nitrogen and oxygen atoms in total. The molecule has 0 spiro atoms. The van der Waals surface area contributed by atoms with E-state index in [-0.39, 0.29) is 11.8 Å². The minimum absolute atomic E-state index is 0.00384. The molecule has 0 saturated carbocycles. The van der Waals surface area contributed by atoms with Crippen molar-refractivity contribution >= 4 is 29.3 Å². The van der Waals surface area contributed by atoms with Gasteiger partial charge in [-0.3, -0.25) is 9.59 Å². The minimum atomic E-state index is -0.0866. The van der Waals surface area contributed by atoms with Crippen molar-refractivity contribution in [3.05, 3.63) is 65.2 Å². The highest BCUT2D eigenvalue weighted by Crippen LogP contribution is 2.15. The van der Waals surface area contributed by atoms with Gasteiger partial charge < -0.3 is 10.2 Å². The first-order valence-electron chi connectivity index (χ1n) is 8.83. The number of rotatable bonds is 8. The molecular formula is C21H23N3O2S. The largest absolute Gasteiger partial charge is 0.339 e. The van der Waals surface area contributed by atoms with Crippen molar-refractivity contribution in [2.75, 3.05) is 24.2 Å². The maximum Gasteiger partial charge on any atom is 0.253 e. The Morgan fingerprint density at radius 1 is 1.04 bits per heavy atom. The van der Waals surface area contributed by atoms with Crippen molar-refractivity contribution in [2.24, 2.45) is 0 Å². The highest BCUT2D eigenvalue weighted by molar-refractivity contribution is 7.99. The van der Waals surface area contributed by atoms with Gasteiger partial charge in [0.1, 0.15) is 0 Å². The van der Waals surface area contributed by atoms with Gasteiger partial charge in [-0.25, -0.2) is 0 Å². The van der Waals surface area contributed by atoms with Crippen LogP contribution in [0.2, 0.25) is 0 Å². The summed E-state index contributed by atoms with van der Waals surface area (Å²) in [6.45, 7) is 5.24. The SMILES string of the molecule is CCN(CC)C(=O)c1ccc(NC(=O)CSCc2ccc(C#N)cc2)cc1. The average Bonchev–Trinajstić information content (AvgIpc) is 2.70. The molecule has 2 rings (SSSR count). The van der Waals surface area contributed by atoms with Crippen LogP contribution >= 0.6 is 11.8 Å². The predicted octanol–water partition coefficient (Wildman–Crippen LogP) is 3.91. The molecule has 0 aliphatic rings. The Balaban J connectivity index is 1.81. The summed E-state index contributed by atoms with van der Waals surface area (Å²) in [6, 6.07) is 16.4. The van der Waals surface area contributed by atoms with Crippen molar-refractivity contribution in [3.63, 3.8) is 0 Å². The number of benzene rings is 2. The Kier molecular flexibility index (Phi) is 7.90. The third kappa shape index (κ3) is 6.15. The lowest BCUT2D eigenvalue weighted by Gasteiger charge is -2.18. The van der Waals surface area contributed by atoms with E-state index in [1.807, 2.05) is 26.0 Å². The van der Waals surface area contributed by atoms with E-state index in [0.717, 1.165) is 5.56 Å². The first-order chi connectivity index (χ1) is 13.1. The van der Waals surface area contributed by atoms with E-state index in [2.05, 4.69) is 11.4 Å². The minimum Gasteiger partial charge on any atom is -0.339 e. The van der Waals surface area contributed by atoms with Crippen LogP contribution in [0.5, 0.6) is 0 Å². The normalized spacial score (nSPS) is 10.1. The van der Waals surface area contributed by atoms with E-state index in [1.165, 1.54) is 11.8 Å². The molecule has 0 heterocycles. The van der Waals surface area contributed by atoms with Gasteiger partial charge in [-0.2, -0.15) is 5.26 Å². The summed E-state index contributed by atoms with van der Waals surface area (Å²) >= 11 is 1.51. The van der Waals surface area contributed by atoms with Crippen LogP contribution in [0.4, 0.5) is 5.69 Å². The maximum absolute atomic E-state index is 12.3. The van der Waals surface area contributed by atoms with Gasteiger partial charge in [0.15, 0.2) is 0 Å². The summed E-state index contributed by atoms with van der Waals surface area (Å²) in [6.07, 6.45) is 0. The lowest BCUT2D eigenvalue weighted by molar-refractivity contribution is -0.113. The number of nitrogens with zero attached hydrogens (tertiary/aromatic N) is 2. The van der Waals surface area contributed by atoms with Crippen molar-refractivity contribution < 1.29 is 9.59 Å². The number of hydrogen-bond donors (Lipinski definition) is 1. The topological polar surface area (TPSA) is 73.2 Å². The molecule has 0 fully saturated rings. The number of nitrogens with one attached hydrogen (secondary N) is 1. The van der Waals surface area contributed by atoms with Gasteiger partial charge in [0, 0.05) is 30.1 Å². The van der Waals surface area contributed by atoms with Crippen LogP contribution < -0.4 is 5.32 Å². The molecule has 140 valence electrons. The molecule has 2 aromatic carbocycles. The van der Waals surface area contributed by atoms with Gasteiger partial charge in [0.2, 0.25) is 5.91 Å². The molecule has 0 aliphatic carbocycles. The molecule has 0 bridgehead atoms. The van der Waals surface area contributed by atoms with Crippen LogP contribution in [-0.4, -0.2) is 35.6 Å². The number of nitriles is 1. The zero-order valence-corrected chi connectivity index (χ0v) is 16.4. The van der Waals surface area contributed by atoms with Crippen molar-refractivity contribution in [3.8, 4) is 6.07 Å². The summed E-state index contributed by atoms with van der Waals surface area (Å²) in [5, 5.41) is 11.6. The Morgan fingerprint density at radius 2 is 1.67 bits per heavy atom. The molecule has 0 aromatic heterocycles. The number of hydrogen-bond acceptors (Lipinski definition) is 4. The van der Waals surface area contributed by atoms with Gasteiger partial charge in [0.05, 0.1) is 17.4 Å². The molecule has 6 heteroatoms. The van der Waals surface area contributed by atoms with Gasteiger partial charge in [-0.05, 0) is 55.8 Å². The number of carbonyl (C=O) groups excluding carboxylic acids is 2. The highest BCUT2D eigenvalue weighted by Gasteiger charge is 2.12. The van der Waals surface area contributed by atoms with Gasteiger partial charge >= 0.3 is 0 Å². The zero-order chi connectivity index (χ0) is 19.6. The molecule has 0 saturated heterocycles. The monoisotopic (exact) mass is 381 g/mol. The van der Waals surface area contributed by atoms with Crippen LogP contribution in [0.25, 0.3) is 0 Å². The maximum atomic E-state index is 12.3. The van der Waals surface area contributed by atoms with E-state index in [9.17, 15) is 9.59 Å². The van der Waals surface area contributed by atoms with Crippen LogP contribution in [0.1, 0.15) is 35.3 Å². The fourth-order valence-corrected chi connectivity index (χ4v) is 3.31. The standard InChI is InChI=1S/C21H23N3O2S/c1-3-24(4-2)21(26)18-9-11-19(12-10-18)23-20(25)15-27-14-17-7-5-16(13-22)6-8-17/h5-12H,3-4,14-15H2,1-2H3,(H,23,25). The van der Waals surface area contributed by atoms with Crippen molar-refractivity contribution in [1.82, 2.24) is 4.90 Å². The van der Waals surface area contributed by atoms with E-state index in [0.29, 0.717) is 41.4 Å². The summed E-state index contributed by atoms with van der Waals surface area (Å²) in [5.74, 6) is 0.948. The molecule has 2 aromatic rings. The number of anilines is 1. The van der Waals surface area contributed by atoms with Gasteiger partial charge in [-0.15, -0.1) is 11.8 Å². The summed E-state index contributed by atoms with van der Waals surface area (Å²) < 4.78 is 0. The second-order valence-electron chi connectivity index (χ2n) is 5.90. The first-order valence-corrected chi connectivity index (χ1v) is 9.98. The molecule has 27 heavy (non-hydrogen) atoms. The van der Waals surface area contributed by atoms with E-state index >= 15 is 0 Å². The summed E-state index contributed by atoms with van der Waals surface area (Å²) in [4.78, 5) is 26.1. The third-order valence-electron chi connectivity index (χ3n) is 4.05. The van der Waals surface area contributed by atoms with E-state index in [1.54, 1.807) is 41.3 Å². The highest BCUT2D eigenvalue weighted by atomic mass is 32.2. The fourth-order valence-electron chi connectivity index (χ4n) is 2.52. The Hall–Kier alpha value is -2.78. The van der Waals surface area contributed by atoms with E-state index < -0.39 is 0 Å². The van der Waals surface area contributed by atoms with Crippen LogP contribution in [0.3, 0.4) is 0 Å². The van der Waals surface area contributed by atoms with Crippen LogP contribution in [0, 0.1) is 11.3 Å². The summed E-state index contributed by atoms with van der Waals surface area (Å²) in [7, 11) is 0. The Bertz CT molecular complexity index is 807. The molecule has 0 atom stereocenters. The van der Waals surface area contributed by atoms with Gasteiger partial charge in [0.25, 0.3) is 5.91 Å². The molecule has 0 radical (unpaired) electrons. The third-order valence-corrected chi connectivity index (χ3v) is 5.05. The fraction of sp³-hybridized carbons (Fsp3) is 0.286. The summed E-state index contributed by atoms with van der Waals surface area (Å²) in [5.41, 5.74) is 3.00. The van der Waals surface area contributed by atoms with Crippen molar-refractivity contribution in [2.45, 2.75) is 19.6 Å². The molecule has 0 aliphatic heterocycles. The first kappa shape index (κ1) is 20.5. The average molecular weight is 382 g/mol. The van der Waals surface area contributed by atoms with Crippen LogP contribution in [0.15, 0.2) is 48.5 Å². The predicted molar refractivity (Wildman–Crippen MR) is 110 cm³/mol.